The number of rotatable bonds is 4. The van der Waals surface area contributed by atoms with E-state index in [9.17, 15) is 0 Å². The van der Waals surface area contributed by atoms with Crippen LogP contribution in [0.5, 0.6) is 0 Å². The minimum Gasteiger partial charge on any atom is -0.296 e. The zero-order chi connectivity index (χ0) is 27.9. The number of pyridine rings is 2. The number of hydrogen-bond donors (Lipinski definition) is 0. The molecule has 6 rings (SSSR count). The Hall–Kier alpha value is -3.20. The van der Waals surface area contributed by atoms with Gasteiger partial charge in [-0.05, 0) is 53.2 Å². The van der Waals surface area contributed by atoms with E-state index >= 15 is 0 Å². The molecule has 2 heterocycles. The van der Waals surface area contributed by atoms with Crippen molar-refractivity contribution in [3.63, 3.8) is 0 Å². The van der Waals surface area contributed by atoms with E-state index in [1.807, 2.05) is 58.0 Å². The first kappa shape index (κ1) is 33.0. The van der Waals surface area contributed by atoms with Gasteiger partial charge in [-0.3, -0.25) is 9.97 Å². The molecule has 0 bridgehead atoms. The second-order valence-corrected chi connectivity index (χ2v) is 8.25. The zero-order valence-electron chi connectivity index (χ0n) is 24.4. The summed E-state index contributed by atoms with van der Waals surface area (Å²) in [7, 11) is 0. The number of hydrogen-bond acceptors (Lipinski definition) is 2. The molecule has 0 fully saturated rings. The molecule has 2 nitrogen and oxygen atoms in total. The Morgan fingerprint density at radius 1 is 0.600 bits per heavy atom. The van der Waals surface area contributed by atoms with Crippen molar-refractivity contribution in [3.8, 4) is 0 Å². The van der Waals surface area contributed by atoms with Crippen LogP contribution in [0.4, 0.5) is 0 Å². The van der Waals surface area contributed by atoms with Gasteiger partial charge >= 0.3 is 0 Å². The largest absolute Gasteiger partial charge is 0.296 e. The van der Waals surface area contributed by atoms with Crippen molar-refractivity contribution >= 4 is 21.8 Å². The van der Waals surface area contributed by atoms with Crippen LogP contribution >= 0.6 is 0 Å². The smallest absolute Gasteiger partial charge is 0.0702 e. The van der Waals surface area contributed by atoms with Crippen LogP contribution < -0.4 is 0 Å². The van der Waals surface area contributed by atoms with Crippen LogP contribution in [0.15, 0.2) is 128 Å². The van der Waals surface area contributed by atoms with Gasteiger partial charge in [0.05, 0.1) is 6.89 Å². The molecule has 0 spiro atoms. The van der Waals surface area contributed by atoms with E-state index in [2.05, 4.69) is 94.9 Å². The fourth-order valence-electron chi connectivity index (χ4n) is 4.03. The third-order valence-corrected chi connectivity index (χ3v) is 5.72. The van der Waals surface area contributed by atoms with Crippen LogP contribution in [0.2, 0.25) is 0 Å². The number of benzene rings is 4. The van der Waals surface area contributed by atoms with Gasteiger partial charge in [-0.25, -0.2) is 12.1 Å². The summed E-state index contributed by atoms with van der Waals surface area (Å²) < 4.78 is 7.61. The molecule has 0 aliphatic heterocycles. The van der Waals surface area contributed by atoms with Gasteiger partial charge in [0.1, 0.15) is 0 Å². The summed E-state index contributed by atoms with van der Waals surface area (Å²) in [6.45, 7) is 8.00. The minimum absolute atomic E-state index is 0. The second kappa shape index (κ2) is 19.8. The Bertz CT molecular complexity index is 1550. The van der Waals surface area contributed by atoms with E-state index in [1.54, 1.807) is 12.4 Å². The Balaban J connectivity index is 0.000000351. The predicted octanol–water partition coefficient (Wildman–Crippen LogP) is 10.1. The molecular formula is C37H41N2Y-. The van der Waals surface area contributed by atoms with E-state index in [1.165, 1.54) is 22.3 Å². The first-order valence-corrected chi connectivity index (χ1v) is 13.4. The third-order valence-electron chi connectivity index (χ3n) is 5.72. The van der Waals surface area contributed by atoms with Crippen molar-refractivity contribution in [1.82, 2.24) is 9.97 Å². The second-order valence-electron chi connectivity index (χ2n) is 8.25. The fraction of sp³-hybridized carbons (Fsp3) is 0.189. The molecular weight excluding hydrogens is 561 g/mol. The number of aromatic nitrogens is 2. The standard InChI is InChI=1S/C16H13N.C16H12N.2C2H6.CH4.Y/c2*1-2-5-13(6-3-1)11-14-8-9-16-15(12-14)7-4-10-17-16;2*1-2;;/h1-10,12H,11H2;1-3,5-10,12H,11H2;2*1-2H3;1H4;/q;-1;;;;/i4D;;;;;. The van der Waals surface area contributed by atoms with Gasteiger partial charge in [-0.2, -0.15) is 0 Å². The van der Waals surface area contributed by atoms with Crippen LogP contribution in [0, 0.1) is 6.07 Å². The van der Waals surface area contributed by atoms with Crippen LogP contribution in [0.25, 0.3) is 21.8 Å². The van der Waals surface area contributed by atoms with Crippen molar-refractivity contribution < 1.29 is 34.1 Å². The molecule has 0 aliphatic rings. The van der Waals surface area contributed by atoms with Crippen LogP contribution in [0.1, 0.15) is 58.7 Å². The predicted molar refractivity (Wildman–Crippen MR) is 170 cm³/mol. The van der Waals surface area contributed by atoms with Crippen molar-refractivity contribution in [3.05, 3.63) is 156 Å². The molecule has 1 radical (unpaired) electrons. The number of nitrogens with zero attached hydrogens (tertiary/aromatic N) is 2. The van der Waals surface area contributed by atoms with Gasteiger partial charge in [0.25, 0.3) is 0 Å². The maximum Gasteiger partial charge on any atom is 0.0702 e. The quantitative estimate of drug-likeness (QED) is 0.187. The van der Waals surface area contributed by atoms with Crippen LogP contribution in [-0.4, -0.2) is 9.97 Å². The van der Waals surface area contributed by atoms with Gasteiger partial charge in [0, 0.05) is 44.3 Å². The summed E-state index contributed by atoms with van der Waals surface area (Å²) in [6, 6.07) is 40.8. The molecule has 0 saturated heterocycles. The Morgan fingerprint density at radius 2 is 1.10 bits per heavy atom. The molecule has 0 amide bonds. The average molecular weight is 604 g/mol. The first-order chi connectivity index (χ1) is 19.2. The van der Waals surface area contributed by atoms with E-state index in [0.29, 0.717) is 6.04 Å². The van der Waals surface area contributed by atoms with Gasteiger partial charge in [-0.15, -0.1) is 11.5 Å². The van der Waals surface area contributed by atoms with Crippen molar-refractivity contribution in [2.24, 2.45) is 0 Å². The Morgan fingerprint density at radius 3 is 1.65 bits per heavy atom. The molecule has 0 unspecified atom stereocenters. The summed E-state index contributed by atoms with van der Waals surface area (Å²) in [5.74, 6) is 0. The molecule has 40 heavy (non-hydrogen) atoms. The van der Waals surface area contributed by atoms with E-state index < -0.39 is 0 Å². The summed E-state index contributed by atoms with van der Waals surface area (Å²) >= 11 is 0. The van der Waals surface area contributed by atoms with Crippen molar-refractivity contribution in [2.75, 3.05) is 0 Å². The summed E-state index contributed by atoms with van der Waals surface area (Å²) in [5, 5.41) is 2.19. The topological polar surface area (TPSA) is 25.8 Å². The Labute approximate surface area is 268 Å². The monoisotopic (exact) mass is 603 g/mol. The molecule has 203 valence electrons. The minimum atomic E-state index is 0. The van der Waals surface area contributed by atoms with Gasteiger partial charge in [0.15, 0.2) is 0 Å². The molecule has 0 aliphatic carbocycles. The number of fused-ring (bicyclic) bond motifs is 2. The normalized spacial score (nSPS) is 9.65. The zero-order valence-corrected chi connectivity index (χ0v) is 26.3. The van der Waals surface area contributed by atoms with Crippen LogP contribution in [0.3, 0.4) is 0 Å². The van der Waals surface area contributed by atoms with Gasteiger partial charge < -0.3 is 0 Å². The van der Waals surface area contributed by atoms with E-state index in [0.717, 1.165) is 34.6 Å². The summed E-state index contributed by atoms with van der Waals surface area (Å²) in [6.07, 6.45) is 5.17. The summed E-state index contributed by atoms with van der Waals surface area (Å²) in [5.41, 5.74) is 7.17. The molecule has 0 atom stereocenters. The molecule has 2 aromatic heterocycles. The van der Waals surface area contributed by atoms with Gasteiger partial charge in [0.2, 0.25) is 0 Å². The molecule has 0 saturated carbocycles. The average Bonchev–Trinajstić information content (AvgIpc) is 3.00. The maximum absolute atomic E-state index is 7.61. The van der Waals surface area contributed by atoms with E-state index in [4.69, 9.17) is 1.37 Å². The fourth-order valence-corrected chi connectivity index (χ4v) is 4.03. The van der Waals surface area contributed by atoms with Crippen molar-refractivity contribution in [2.45, 2.75) is 48.0 Å². The Kier molecular flexibility index (Phi) is 16.3. The summed E-state index contributed by atoms with van der Waals surface area (Å²) in [4.78, 5) is 8.52. The van der Waals surface area contributed by atoms with E-state index in [-0.39, 0.29) is 40.1 Å². The first-order valence-electron chi connectivity index (χ1n) is 13.9. The van der Waals surface area contributed by atoms with Crippen LogP contribution in [-0.2, 0) is 45.6 Å². The van der Waals surface area contributed by atoms with Gasteiger partial charge in [-0.1, -0.05) is 132 Å². The molecule has 3 heteroatoms. The molecule has 0 N–H and O–H groups in total. The van der Waals surface area contributed by atoms with Crippen molar-refractivity contribution in [1.29, 1.82) is 0 Å². The SMILES string of the molecule is C.CC.CC.[2H]c1cnc2ccc(Cc3ccccc3)cc2c1.[Y].[c-]1cnc2ccc(Cc3ccccc3)cc2c1. The molecule has 4 aromatic carbocycles. The molecule has 6 aromatic rings. The maximum atomic E-state index is 7.61. The third kappa shape index (κ3) is 10.8.